The molecule has 1 aliphatic heterocycles. The summed E-state index contributed by atoms with van der Waals surface area (Å²) in [5.41, 5.74) is -3.52. The van der Waals surface area contributed by atoms with E-state index < -0.39 is 78.5 Å². The first kappa shape index (κ1) is 33.1. The van der Waals surface area contributed by atoms with E-state index >= 15 is 0 Å². The summed E-state index contributed by atoms with van der Waals surface area (Å²) in [6, 6.07) is 11.6. The highest BCUT2D eigenvalue weighted by atomic mass is 28.4. The topological polar surface area (TPSA) is 121 Å². The predicted octanol–water partition coefficient (Wildman–Crippen LogP) is 3.80. The molecule has 0 aromatic heterocycles. The summed E-state index contributed by atoms with van der Waals surface area (Å²) in [6.07, 6.45) is -4.92. The van der Waals surface area contributed by atoms with Crippen LogP contribution >= 0.6 is 0 Å². The molecule has 224 valence electrons. The van der Waals surface area contributed by atoms with E-state index in [0.717, 1.165) is 5.56 Å². The van der Waals surface area contributed by atoms with Crippen LogP contribution in [0.3, 0.4) is 0 Å². The number of nitrogens with zero attached hydrogens (tertiary/aromatic N) is 2. The van der Waals surface area contributed by atoms with E-state index in [2.05, 4.69) is 6.07 Å². The van der Waals surface area contributed by atoms with Gasteiger partial charge in [-0.2, -0.15) is 5.26 Å². The Hall–Kier alpha value is -1.41. The minimum absolute atomic E-state index is 0.0782. The third-order valence-electron chi connectivity index (χ3n) is 7.31. The molecule has 2 aliphatic rings. The molecule has 12 heteroatoms. The van der Waals surface area contributed by atoms with Crippen molar-refractivity contribution in [2.45, 2.75) is 115 Å². The molecule has 1 amide bonds. The van der Waals surface area contributed by atoms with Crippen molar-refractivity contribution in [1.82, 2.24) is 5.06 Å². The summed E-state index contributed by atoms with van der Waals surface area (Å²) in [5.74, 6) is -1.28. The van der Waals surface area contributed by atoms with Crippen LogP contribution < -0.4 is 0 Å². The molecule has 1 saturated carbocycles. The van der Waals surface area contributed by atoms with Crippen LogP contribution in [0.4, 0.5) is 0 Å². The number of aliphatic hydroxyl groups is 2. The zero-order valence-corrected chi connectivity index (χ0v) is 29.0. The van der Waals surface area contributed by atoms with Crippen molar-refractivity contribution in [2.75, 3.05) is 0 Å². The molecular formula is C28H48N2O7Si3. The number of benzene rings is 1. The van der Waals surface area contributed by atoms with Crippen molar-refractivity contribution >= 4 is 31.6 Å². The van der Waals surface area contributed by atoms with Gasteiger partial charge in [-0.15, -0.1) is 0 Å². The summed E-state index contributed by atoms with van der Waals surface area (Å²) >= 11 is 0. The molecule has 2 N–H and O–H groups in total. The molecule has 1 aromatic rings. The number of hydroxylamine groups is 2. The Morgan fingerprint density at radius 2 is 1.55 bits per heavy atom. The van der Waals surface area contributed by atoms with Gasteiger partial charge < -0.3 is 23.5 Å². The van der Waals surface area contributed by atoms with Crippen LogP contribution in [0.15, 0.2) is 30.3 Å². The van der Waals surface area contributed by atoms with E-state index in [4.69, 9.17) is 18.1 Å². The Kier molecular flexibility index (Phi) is 9.39. The molecule has 1 saturated heterocycles. The number of hydrogen-bond donors (Lipinski definition) is 2. The van der Waals surface area contributed by atoms with Crippen LogP contribution in [0.5, 0.6) is 0 Å². The fourth-order valence-electron chi connectivity index (χ4n) is 6.06. The second kappa shape index (κ2) is 11.3. The van der Waals surface area contributed by atoms with Gasteiger partial charge in [-0.25, -0.2) is 5.06 Å². The van der Waals surface area contributed by atoms with Crippen LogP contribution in [0.25, 0.3) is 0 Å². The third-order valence-corrected chi connectivity index (χ3v) is 10.0. The Morgan fingerprint density at radius 3 is 2.00 bits per heavy atom. The number of amides is 1. The lowest BCUT2D eigenvalue weighted by molar-refractivity contribution is -0.366. The van der Waals surface area contributed by atoms with E-state index in [1.165, 1.54) is 5.06 Å². The fourth-order valence-corrected chi connectivity index (χ4v) is 9.09. The summed E-state index contributed by atoms with van der Waals surface area (Å²) < 4.78 is 19.7. The Balaban J connectivity index is 2.32. The third kappa shape index (κ3) is 6.18. The number of aliphatic hydroxyl groups excluding tert-OH is 1. The van der Waals surface area contributed by atoms with Gasteiger partial charge in [0.15, 0.2) is 42.9 Å². The minimum Gasteiger partial charge on any atom is -0.412 e. The maximum atomic E-state index is 13.8. The molecule has 1 aromatic carbocycles. The van der Waals surface area contributed by atoms with Crippen LogP contribution in [0, 0.1) is 22.7 Å². The number of rotatable bonds is 9. The molecule has 1 spiro atoms. The molecule has 0 bridgehead atoms. The molecular weight excluding hydrogens is 561 g/mol. The van der Waals surface area contributed by atoms with Gasteiger partial charge in [-0.1, -0.05) is 51.1 Å². The second-order valence-corrected chi connectivity index (χ2v) is 25.7. The summed E-state index contributed by atoms with van der Waals surface area (Å²) in [5, 5.41) is 36.4. The number of hydrogen-bond acceptors (Lipinski definition) is 8. The summed E-state index contributed by atoms with van der Waals surface area (Å²) in [4.78, 5) is 20.0. The number of carbonyl (C=O) groups is 1. The normalized spacial score (nSPS) is 33.3. The van der Waals surface area contributed by atoms with Gasteiger partial charge in [0.2, 0.25) is 0 Å². The number of β-lactam (4-membered cyclic amide) rings is 1. The van der Waals surface area contributed by atoms with Gasteiger partial charge in [0.25, 0.3) is 5.91 Å². The summed E-state index contributed by atoms with van der Waals surface area (Å²) in [6.45, 7) is 21.6. The molecule has 3 rings (SSSR count). The fraction of sp³-hybridized carbons (Fsp3) is 0.714. The molecule has 7 atom stereocenters. The molecule has 1 heterocycles. The largest absolute Gasteiger partial charge is 0.412 e. The lowest BCUT2D eigenvalue weighted by atomic mass is 9.52. The molecule has 1 aliphatic carbocycles. The first-order valence-corrected chi connectivity index (χ1v) is 23.6. The highest BCUT2D eigenvalue weighted by Gasteiger charge is 2.80. The van der Waals surface area contributed by atoms with Gasteiger partial charge in [0.1, 0.15) is 24.9 Å². The van der Waals surface area contributed by atoms with Gasteiger partial charge >= 0.3 is 0 Å². The maximum absolute atomic E-state index is 13.8. The van der Waals surface area contributed by atoms with Gasteiger partial charge in [-0.05, 0) is 63.4 Å². The van der Waals surface area contributed by atoms with Crippen molar-refractivity contribution in [3.63, 3.8) is 0 Å². The monoisotopic (exact) mass is 608 g/mol. The Morgan fingerprint density at radius 1 is 1.02 bits per heavy atom. The standard InChI is InChI=1S/C28H48N2O7Si3/c1-26(2,3)20-22(36-39(6,7)8)28(21(31)23(27(20,33)18-29)37-40(9,10)11)24(35-38(4)5)25(32)30(28)34-17-19-15-13-12-14-16-19/h12-16,20-24,31,33,38H,17H2,1-11H3. The van der Waals surface area contributed by atoms with E-state index in [1.54, 1.807) is 0 Å². The lowest BCUT2D eigenvalue weighted by Crippen LogP contribution is -2.91. The van der Waals surface area contributed by atoms with Crippen LogP contribution in [-0.4, -0.2) is 82.4 Å². The average Bonchev–Trinajstić information content (AvgIpc) is 2.80. The second-order valence-electron chi connectivity index (χ2n) is 14.4. The van der Waals surface area contributed by atoms with Gasteiger partial charge in [0.05, 0.1) is 6.10 Å². The highest BCUT2D eigenvalue weighted by molar-refractivity contribution is 6.70. The summed E-state index contributed by atoms with van der Waals surface area (Å²) in [7, 11) is -6.69. The quantitative estimate of drug-likeness (QED) is 0.247. The van der Waals surface area contributed by atoms with Crippen LogP contribution in [0.2, 0.25) is 52.4 Å². The number of nitriles is 1. The van der Waals surface area contributed by atoms with Gasteiger partial charge in [0, 0.05) is 5.92 Å². The maximum Gasteiger partial charge on any atom is 0.277 e. The smallest absolute Gasteiger partial charge is 0.277 e. The van der Waals surface area contributed by atoms with Crippen LogP contribution in [-0.2, 0) is 29.5 Å². The van der Waals surface area contributed by atoms with E-state index in [1.807, 2.05) is 103 Å². The molecule has 0 radical (unpaired) electrons. The van der Waals surface area contributed by atoms with Gasteiger partial charge in [-0.3, -0.25) is 9.63 Å². The highest BCUT2D eigenvalue weighted by Crippen LogP contribution is 2.58. The van der Waals surface area contributed by atoms with Crippen molar-refractivity contribution in [1.29, 1.82) is 5.26 Å². The first-order valence-electron chi connectivity index (χ1n) is 14.0. The first-order chi connectivity index (χ1) is 18.2. The SMILES string of the molecule is C[SiH](C)OC1C(=O)N(OCc2ccccc2)C12C(O)C(O[Si](C)(C)C)C(O)(C#N)C(C(C)(C)C)C2O[Si](C)(C)C. The molecule has 9 nitrogen and oxygen atoms in total. The van der Waals surface area contributed by atoms with E-state index in [0.29, 0.717) is 0 Å². The van der Waals surface area contributed by atoms with Crippen molar-refractivity contribution in [3.05, 3.63) is 35.9 Å². The lowest BCUT2D eigenvalue weighted by Gasteiger charge is -2.69. The number of carbonyl (C=O) groups excluding carboxylic acids is 1. The Labute approximate surface area is 243 Å². The average molecular weight is 609 g/mol. The van der Waals surface area contributed by atoms with Crippen molar-refractivity contribution in [2.24, 2.45) is 11.3 Å². The molecule has 7 unspecified atom stereocenters. The zero-order chi connectivity index (χ0) is 30.5. The van der Waals surface area contributed by atoms with Crippen LogP contribution in [0.1, 0.15) is 26.3 Å². The predicted molar refractivity (Wildman–Crippen MR) is 161 cm³/mol. The van der Waals surface area contributed by atoms with Crippen molar-refractivity contribution < 1.29 is 33.1 Å². The zero-order valence-electron chi connectivity index (χ0n) is 25.9. The van der Waals surface area contributed by atoms with E-state index in [9.17, 15) is 20.3 Å². The Bertz CT molecular complexity index is 1100. The molecule has 40 heavy (non-hydrogen) atoms. The van der Waals surface area contributed by atoms with E-state index in [-0.39, 0.29) is 6.61 Å². The van der Waals surface area contributed by atoms with Crippen molar-refractivity contribution in [3.8, 4) is 6.07 Å². The minimum atomic E-state index is -2.44. The molecule has 2 fully saturated rings.